The van der Waals surface area contributed by atoms with Crippen LogP contribution >= 0.6 is 11.6 Å². The zero-order valence-electron chi connectivity index (χ0n) is 19.3. The van der Waals surface area contributed by atoms with Gasteiger partial charge in [-0.3, -0.25) is 9.58 Å². The van der Waals surface area contributed by atoms with E-state index >= 15 is 0 Å². The molecule has 170 valence electrons. The number of likely N-dealkylation sites (tertiary alicyclic amines) is 2. The third kappa shape index (κ3) is 5.79. The normalized spacial score (nSPS) is 24.9. The van der Waals surface area contributed by atoms with Crippen molar-refractivity contribution in [2.45, 2.75) is 77.3 Å². The Bertz CT molecular complexity index is 663. The molecule has 0 N–H and O–H groups in total. The van der Waals surface area contributed by atoms with Crippen LogP contribution in [0.15, 0.2) is 0 Å². The number of piperidine rings is 2. The Hall–Kier alpha value is -0.620. The first kappa shape index (κ1) is 22.6. The Balaban J connectivity index is 1.39. The van der Waals surface area contributed by atoms with Gasteiger partial charge in [0.25, 0.3) is 0 Å². The quantitative estimate of drug-likeness (QED) is 0.607. The summed E-state index contributed by atoms with van der Waals surface area (Å²) in [4.78, 5) is 8.18. The van der Waals surface area contributed by atoms with Crippen LogP contribution in [0.2, 0.25) is 5.15 Å². The minimum atomic E-state index is 0.788. The molecule has 0 radical (unpaired) electrons. The second-order valence-corrected chi connectivity index (χ2v) is 10.4. The maximum absolute atomic E-state index is 6.61. The molecule has 2 aliphatic heterocycles. The highest BCUT2D eigenvalue weighted by molar-refractivity contribution is 6.30. The van der Waals surface area contributed by atoms with Crippen molar-refractivity contribution in [3.8, 4) is 0 Å². The Labute approximate surface area is 188 Å². The van der Waals surface area contributed by atoms with Crippen LogP contribution in [-0.2, 0) is 13.6 Å². The van der Waals surface area contributed by atoms with Gasteiger partial charge in [-0.2, -0.15) is 5.10 Å². The van der Waals surface area contributed by atoms with Crippen LogP contribution in [0.1, 0.15) is 69.0 Å². The second kappa shape index (κ2) is 10.8. The van der Waals surface area contributed by atoms with E-state index in [9.17, 15) is 0 Å². The van der Waals surface area contributed by atoms with Crippen LogP contribution in [0.5, 0.6) is 0 Å². The minimum Gasteiger partial charge on any atom is -0.302 e. The Morgan fingerprint density at radius 2 is 1.77 bits per heavy atom. The lowest BCUT2D eigenvalue weighted by atomic mass is 9.95. The van der Waals surface area contributed by atoms with Crippen molar-refractivity contribution in [1.82, 2.24) is 24.5 Å². The lowest BCUT2D eigenvalue weighted by Crippen LogP contribution is -2.46. The van der Waals surface area contributed by atoms with Crippen molar-refractivity contribution in [3.05, 3.63) is 16.4 Å². The van der Waals surface area contributed by atoms with Crippen molar-refractivity contribution >= 4 is 11.6 Å². The third-order valence-corrected chi connectivity index (χ3v) is 8.21. The Kier molecular flexibility index (Phi) is 8.13. The summed E-state index contributed by atoms with van der Waals surface area (Å²) in [7, 11) is 1.96. The van der Waals surface area contributed by atoms with Gasteiger partial charge in [-0.1, -0.05) is 30.9 Å². The summed E-state index contributed by atoms with van der Waals surface area (Å²) in [6, 6.07) is 0.865. The van der Waals surface area contributed by atoms with E-state index in [2.05, 4.69) is 26.7 Å². The van der Waals surface area contributed by atoms with E-state index in [1.807, 2.05) is 11.7 Å². The molecule has 3 aliphatic rings. The Morgan fingerprint density at radius 1 is 1.00 bits per heavy atom. The van der Waals surface area contributed by atoms with E-state index in [0.717, 1.165) is 35.9 Å². The number of rotatable bonds is 8. The molecule has 5 nitrogen and oxygen atoms in total. The van der Waals surface area contributed by atoms with Crippen molar-refractivity contribution in [2.75, 3.05) is 45.8 Å². The molecule has 0 aromatic carbocycles. The maximum Gasteiger partial charge on any atom is 0.131 e. The molecule has 1 aliphatic carbocycles. The van der Waals surface area contributed by atoms with Gasteiger partial charge in [0.15, 0.2) is 0 Å². The monoisotopic (exact) mass is 435 g/mol. The number of aromatic nitrogens is 2. The van der Waals surface area contributed by atoms with Crippen LogP contribution in [0.25, 0.3) is 0 Å². The van der Waals surface area contributed by atoms with Crippen LogP contribution < -0.4 is 0 Å². The van der Waals surface area contributed by atoms with E-state index in [-0.39, 0.29) is 0 Å². The summed E-state index contributed by atoms with van der Waals surface area (Å²) in [5.41, 5.74) is 2.31. The van der Waals surface area contributed by atoms with E-state index in [0.29, 0.717) is 0 Å². The first-order valence-corrected chi connectivity index (χ1v) is 12.8. The van der Waals surface area contributed by atoms with E-state index in [1.54, 1.807) is 0 Å². The molecule has 1 aromatic heterocycles. The minimum absolute atomic E-state index is 0.788. The maximum atomic E-state index is 6.61. The molecule has 3 fully saturated rings. The lowest BCUT2D eigenvalue weighted by molar-refractivity contribution is 0.0912. The molecule has 6 heteroatoms. The summed E-state index contributed by atoms with van der Waals surface area (Å²) in [6.07, 6.45) is 12.6. The predicted molar refractivity (Wildman–Crippen MR) is 125 cm³/mol. The van der Waals surface area contributed by atoms with Gasteiger partial charge in [-0.05, 0) is 71.0 Å². The SMILES string of the molecule is Cc1nn(C)c(Cl)c1CN(CCN1CCCCC1)C[C@H]1CCCN(C2CCCC2)C1. The lowest BCUT2D eigenvalue weighted by Gasteiger charge is -2.39. The average Bonchev–Trinajstić information content (AvgIpc) is 3.38. The predicted octanol–water partition coefficient (Wildman–Crippen LogP) is 4.32. The molecule has 1 aromatic rings. The van der Waals surface area contributed by atoms with Gasteiger partial charge >= 0.3 is 0 Å². The van der Waals surface area contributed by atoms with Gasteiger partial charge in [0.05, 0.1) is 5.69 Å². The van der Waals surface area contributed by atoms with E-state index in [4.69, 9.17) is 11.6 Å². The third-order valence-electron chi connectivity index (χ3n) is 7.74. The topological polar surface area (TPSA) is 27.5 Å². The number of halogens is 1. The van der Waals surface area contributed by atoms with Gasteiger partial charge in [0.1, 0.15) is 5.15 Å². The van der Waals surface area contributed by atoms with Crippen molar-refractivity contribution in [2.24, 2.45) is 13.0 Å². The van der Waals surface area contributed by atoms with Gasteiger partial charge in [-0.15, -0.1) is 0 Å². The first-order valence-electron chi connectivity index (χ1n) is 12.5. The van der Waals surface area contributed by atoms with Gasteiger partial charge < -0.3 is 9.80 Å². The molecule has 4 rings (SSSR count). The largest absolute Gasteiger partial charge is 0.302 e. The molecule has 2 saturated heterocycles. The summed E-state index contributed by atoms with van der Waals surface area (Å²) in [5, 5.41) is 5.38. The fraction of sp³-hybridized carbons (Fsp3) is 0.875. The van der Waals surface area contributed by atoms with Crippen LogP contribution in [0.3, 0.4) is 0 Å². The fourth-order valence-electron chi connectivity index (χ4n) is 5.99. The summed E-state index contributed by atoms with van der Waals surface area (Å²) in [6.45, 7) is 11.7. The molecule has 1 atom stereocenters. The first-order chi connectivity index (χ1) is 14.6. The standard InChI is InChI=1S/C24H42ClN5/c1-20-23(24(25)27(2)26-20)19-29(16-15-28-12-6-3-7-13-28)17-21-9-8-14-30(18-21)22-10-4-5-11-22/h21-22H,3-19H2,1-2H3/t21-/m1/s1. The molecule has 3 heterocycles. The van der Waals surface area contributed by atoms with E-state index in [1.165, 1.54) is 103 Å². The van der Waals surface area contributed by atoms with Crippen LogP contribution in [0, 0.1) is 12.8 Å². The van der Waals surface area contributed by atoms with Crippen molar-refractivity contribution in [1.29, 1.82) is 0 Å². The average molecular weight is 436 g/mol. The summed E-state index contributed by atoms with van der Waals surface area (Å²) >= 11 is 6.61. The van der Waals surface area contributed by atoms with Gasteiger partial charge in [-0.25, -0.2) is 0 Å². The zero-order chi connectivity index (χ0) is 20.9. The Morgan fingerprint density at radius 3 is 2.47 bits per heavy atom. The highest BCUT2D eigenvalue weighted by Crippen LogP contribution is 2.29. The molecule has 0 bridgehead atoms. The number of nitrogens with zero attached hydrogens (tertiary/aromatic N) is 5. The highest BCUT2D eigenvalue weighted by atomic mass is 35.5. The van der Waals surface area contributed by atoms with E-state index < -0.39 is 0 Å². The molecule has 1 saturated carbocycles. The fourth-order valence-corrected chi connectivity index (χ4v) is 6.22. The zero-order valence-corrected chi connectivity index (χ0v) is 20.0. The van der Waals surface area contributed by atoms with Crippen LogP contribution in [0.4, 0.5) is 0 Å². The molecular weight excluding hydrogens is 394 g/mol. The van der Waals surface area contributed by atoms with Gasteiger partial charge in [0, 0.05) is 51.4 Å². The molecule has 30 heavy (non-hydrogen) atoms. The summed E-state index contributed by atoms with van der Waals surface area (Å²) in [5.74, 6) is 0.788. The molecule has 0 spiro atoms. The van der Waals surface area contributed by atoms with Crippen LogP contribution in [-0.4, -0.2) is 76.3 Å². The smallest absolute Gasteiger partial charge is 0.131 e. The van der Waals surface area contributed by atoms with Gasteiger partial charge in [0.2, 0.25) is 0 Å². The molecular formula is C24H42ClN5. The molecule has 0 amide bonds. The highest BCUT2D eigenvalue weighted by Gasteiger charge is 2.29. The molecule has 0 unspecified atom stereocenters. The number of hydrogen-bond donors (Lipinski definition) is 0. The number of hydrogen-bond acceptors (Lipinski definition) is 4. The number of aryl methyl sites for hydroxylation is 2. The van der Waals surface area contributed by atoms with Crippen molar-refractivity contribution in [3.63, 3.8) is 0 Å². The van der Waals surface area contributed by atoms with Crippen molar-refractivity contribution < 1.29 is 0 Å². The summed E-state index contributed by atoms with van der Waals surface area (Å²) < 4.78 is 1.83. The second-order valence-electron chi connectivity index (χ2n) is 10.1.